The maximum absolute atomic E-state index is 13.4. The molecule has 2 unspecified atom stereocenters. The van der Waals surface area contributed by atoms with E-state index in [-0.39, 0.29) is 28.6 Å². The first-order valence-electron chi connectivity index (χ1n) is 12.3. The monoisotopic (exact) mass is 491 g/mol. The van der Waals surface area contributed by atoms with Crippen molar-refractivity contribution in [3.8, 4) is 0 Å². The second-order valence-corrected chi connectivity index (χ2v) is 11.6. The van der Waals surface area contributed by atoms with Crippen molar-refractivity contribution in [2.75, 3.05) is 62.8 Å². The van der Waals surface area contributed by atoms with Gasteiger partial charge in [0.1, 0.15) is 5.78 Å². The van der Waals surface area contributed by atoms with E-state index >= 15 is 0 Å². The topological polar surface area (TPSA) is 105 Å². The van der Waals surface area contributed by atoms with Crippen LogP contribution in [0.5, 0.6) is 0 Å². The Bertz CT molecular complexity index is 1020. The number of carbonyl (C=O) groups excluding carboxylic acids is 2. The molecule has 186 valence electrons. The van der Waals surface area contributed by atoms with E-state index in [9.17, 15) is 18.0 Å². The average Bonchev–Trinajstić information content (AvgIpc) is 2.85. The number of carbonyl (C=O) groups is 2. The van der Waals surface area contributed by atoms with Gasteiger partial charge in [-0.15, -0.1) is 0 Å². The van der Waals surface area contributed by atoms with Crippen LogP contribution in [0, 0.1) is 17.8 Å². The molecule has 2 bridgehead atoms. The molecule has 1 N–H and O–H groups in total. The first-order valence-corrected chi connectivity index (χ1v) is 13.8. The van der Waals surface area contributed by atoms with Crippen LogP contribution in [-0.4, -0.2) is 77.0 Å². The maximum atomic E-state index is 13.4. The first-order chi connectivity index (χ1) is 16.4. The maximum Gasteiger partial charge on any atom is 0.243 e. The quantitative estimate of drug-likeness (QED) is 0.670. The molecule has 2 aliphatic carbocycles. The molecule has 9 nitrogen and oxygen atoms in total. The molecule has 5 rings (SSSR count). The van der Waals surface area contributed by atoms with Crippen molar-refractivity contribution in [3.05, 3.63) is 18.2 Å². The minimum absolute atomic E-state index is 0.0185. The van der Waals surface area contributed by atoms with Gasteiger partial charge in [-0.1, -0.05) is 6.42 Å². The lowest BCUT2D eigenvalue weighted by molar-refractivity contribution is -0.136. The number of hydrogen-bond donors (Lipinski definition) is 1. The van der Waals surface area contributed by atoms with Gasteiger partial charge >= 0.3 is 0 Å². The Balaban J connectivity index is 1.42. The second kappa shape index (κ2) is 9.93. The predicted molar refractivity (Wildman–Crippen MR) is 126 cm³/mol. The summed E-state index contributed by atoms with van der Waals surface area (Å²) in [6.45, 7) is 3.86. The summed E-state index contributed by atoms with van der Waals surface area (Å²) in [6, 6.07) is 4.99. The minimum Gasteiger partial charge on any atom is -0.379 e. The van der Waals surface area contributed by atoms with E-state index in [4.69, 9.17) is 9.47 Å². The Kier molecular flexibility index (Phi) is 6.92. The Hall–Kier alpha value is -2.01. The van der Waals surface area contributed by atoms with Gasteiger partial charge in [-0.05, 0) is 43.9 Å². The summed E-state index contributed by atoms with van der Waals surface area (Å²) in [7, 11) is -3.70. The van der Waals surface area contributed by atoms with Gasteiger partial charge < -0.3 is 19.7 Å². The lowest BCUT2D eigenvalue weighted by Gasteiger charge is -2.37. The molecule has 1 aromatic rings. The number of amides is 1. The standard InChI is InChI=1S/C24H33N3O6S/c28-23-17-2-1-3-18(23)15-19(14-17)24(29)25-21-16-20(34(30,31)27-8-12-33-13-9-27)4-5-22(21)26-6-10-32-11-7-26/h4-5,16-19H,1-3,6-15H2,(H,25,29). The molecule has 34 heavy (non-hydrogen) atoms. The molecule has 2 saturated heterocycles. The molecule has 2 aliphatic heterocycles. The third kappa shape index (κ3) is 4.73. The van der Waals surface area contributed by atoms with Crippen LogP contribution in [0.25, 0.3) is 0 Å². The fourth-order valence-corrected chi connectivity index (χ4v) is 7.15. The van der Waals surface area contributed by atoms with Crippen LogP contribution in [-0.2, 0) is 29.1 Å². The van der Waals surface area contributed by atoms with E-state index in [1.807, 2.05) is 0 Å². The summed E-state index contributed by atoms with van der Waals surface area (Å²) in [5.74, 6) is -0.0715. The molecule has 0 aromatic heterocycles. The smallest absolute Gasteiger partial charge is 0.243 e. The molecule has 2 heterocycles. The molecule has 4 fully saturated rings. The van der Waals surface area contributed by atoms with Gasteiger partial charge in [-0.25, -0.2) is 8.42 Å². The van der Waals surface area contributed by atoms with E-state index < -0.39 is 10.0 Å². The van der Waals surface area contributed by atoms with Gasteiger partial charge in [0.15, 0.2) is 0 Å². The summed E-state index contributed by atoms with van der Waals surface area (Å²) in [4.78, 5) is 28.1. The number of Topliss-reactive ketones (excluding diaryl/α,β-unsaturated/α-hetero) is 1. The summed E-state index contributed by atoms with van der Waals surface area (Å²) < 4.78 is 38.7. The molecule has 1 amide bonds. The Labute approximate surface area is 200 Å². The predicted octanol–water partition coefficient (Wildman–Crippen LogP) is 1.88. The number of rotatable bonds is 5. The number of morpholine rings is 2. The van der Waals surface area contributed by atoms with Crippen LogP contribution in [0.2, 0.25) is 0 Å². The number of ketones is 1. The van der Waals surface area contributed by atoms with Crippen molar-refractivity contribution in [2.45, 2.75) is 37.0 Å². The lowest BCUT2D eigenvalue weighted by atomic mass is 9.67. The highest BCUT2D eigenvalue weighted by atomic mass is 32.2. The van der Waals surface area contributed by atoms with Gasteiger partial charge in [0, 0.05) is 43.9 Å². The van der Waals surface area contributed by atoms with E-state index in [0.29, 0.717) is 76.9 Å². The highest BCUT2D eigenvalue weighted by Crippen LogP contribution is 2.41. The van der Waals surface area contributed by atoms with Crippen molar-refractivity contribution in [1.29, 1.82) is 0 Å². The lowest BCUT2D eigenvalue weighted by Crippen LogP contribution is -2.41. The van der Waals surface area contributed by atoms with E-state index in [1.54, 1.807) is 18.2 Å². The highest BCUT2D eigenvalue weighted by Gasteiger charge is 2.41. The zero-order chi connectivity index (χ0) is 23.7. The second-order valence-electron chi connectivity index (χ2n) is 9.68. The SMILES string of the molecule is O=C(Nc1cc(S(=O)(=O)N2CCOCC2)ccc1N1CCOCC1)C1CC2CCCC(C1)C2=O. The van der Waals surface area contributed by atoms with Crippen LogP contribution >= 0.6 is 0 Å². The fraction of sp³-hybridized carbons (Fsp3) is 0.667. The molecule has 2 saturated carbocycles. The number of nitrogens with zero attached hydrogens (tertiary/aromatic N) is 2. The third-order valence-corrected chi connectivity index (χ3v) is 9.50. The normalized spacial score (nSPS) is 28.5. The van der Waals surface area contributed by atoms with Crippen molar-refractivity contribution < 1.29 is 27.5 Å². The van der Waals surface area contributed by atoms with Gasteiger partial charge in [-0.3, -0.25) is 9.59 Å². The largest absolute Gasteiger partial charge is 0.379 e. The Morgan fingerprint density at radius 3 is 2.21 bits per heavy atom. The molecule has 4 aliphatic rings. The number of anilines is 2. The summed E-state index contributed by atoms with van der Waals surface area (Å²) in [5.41, 5.74) is 1.30. The van der Waals surface area contributed by atoms with Crippen LogP contribution in [0.1, 0.15) is 32.1 Å². The van der Waals surface area contributed by atoms with Crippen LogP contribution < -0.4 is 10.2 Å². The number of fused-ring (bicyclic) bond motifs is 2. The van der Waals surface area contributed by atoms with E-state index in [1.165, 1.54) is 4.31 Å². The molecule has 1 aromatic carbocycles. The van der Waals surface area contributed by atoms with Gasteiger partial charge in [-0.2, -0.15) is 4.31 Å². The van der Waals surface area contributed by atoms with E-state index in [2.05, 4.69) is 10.2 Å². The molecule has 0 radical (unpaired) electrons. The fourth-order valence-electron chi connectivity index (χ4n) is 5.72. The van der Waals surface area contributed by atoms with Crippen molar-refractivity contribution in [1.82, 2.24) is 4.31 Å². The van der Waals surface area contributed by atoms with Crippen molar-refractivity contribution in [2.24, 2.45) is 17.8 Å². The van der Waals surface area contributed by atoms with Crippen molar-refractivity contribution in [3.63, 3.8) is 0 Å². The van der Waals surface area contributed by atoms with E-state index in [0.717, 1.165) is 24.9 Å². The van der Waals surface area contributed by atoms with Gasteiger partial charge in [0.2, 0.25) is 15.9 Å². The zero-order valence-corrected chi connectivity index (χ0v) is 20.2. The molecular formula is C24H33N3O6S. The van der Waals surface area contributed by atoms with Crippen LogP contribution in [0.15, 0.2) is 23.1 Å². The van der Waals surface area contributed by atoms with Crippen LogP contribution in [0.4, 0.5) is 11.4 Å². The molecule has 2 atom stereocenters. The number of nitrogens with one attached hydrogen (secondary N) is 1. The summed E-state index contributed by atoms with van der Waals surface area (Å²) in [5, 5.41) is 3.06. The third-order valence-electron chi connectivity index (χ3n) is 7.60. The van der Waals surface area contributed by atoms with Crippen molar-refractivity contribution >= 4 is 33.1 Å². The van der Waals surface area contributed by atoms with Gasteiger partial charge in [0.05, 0.1) is 42.7 Å². The highest BCUT2D eigenvalue weighted by molar-refractivity contribution is 7.89. The molecule has 0 spiro atoms. The van der Waals surface area contributed by atoms with Crippen LogP contribution in [0.3, 0.4) is 0 Å². The average molecular weight is 492 g/mol. The number of benzene rings is 1. The number of sulfonamides is 1. The molecular weight excluding hydrogens is 458 g/mol. The first kappa shape index (κ1) is 23.7. The number of ether oxygens (including phenoxy) is 2. The minimum atomic E-state index is -3.70. The zero-order valence-electron chi connectivity index (χ0n) is 19.4. The summed E-state index contributed by atoms with van der Waals surface area (Å²) >= 11 is 0. The van der Waals surface area contributed by atoms with Gasteiger partial charge in [0.25, 0.3) is 0 Å². The Morgan fingerprint density at radius 1 is 0.941 bits per heavy atom. The molecule has 10 heteroatoms. The Morgan fingerprint density at radius 2 is 1.56 bits per heavy atom. The summed E-state index contributed by atoms with van der Waals surface area (Å²) in [6.07, 6.45) is 3.95. The number of hydrogen-bond acceptors (Lipinski definition) is 7.